The van der Waals surface area contributed by atoms with E-state index in [-0.39, 0.29) is 5.54 Å². The van der Waals surface area contributed by atoms with Gasteiger partial charge in [-0.05, 0) is 27.0 Å². The highest BCUT2D eigenvalue weighted by molar-refractivity contribution is 6.33. The maximum Gasteiger partial charge on any atom is 0.147 e. The minimum atomic E-state index is 0.130. The molecule has 0 unspecified atom stereocenters. The summed E-state index contributed by atoms with van der Waals surface area (Å²) in [7, 11) is 2.15. The van der Waals surface area contributed by atoms with Crippen LogP contribution in [0.3, 0.4) is 0 Å². The fraction of sp³-hybridized carbons (Fsp3) is 0.583. The van der Waals surface area contributed by atoms with Gasteiger partial charge in [-0.15, -0.1) is 0 Å². The summed E-state index contributed by atoms with van der Waals surface area (Å²) in [5.74, 6) is 0.835. The van der Waals surface area contributed by atoms with Crippen LogP contribution >= 0.6 is 11.6 Å². The van der Waals surface area contributed by atoms with Crippen LogP contribution in [0.5, 0.6) is 0 Å². The summed E-state index contributed by atoms with van der Waals surface area (Å²) in [5, 5.41) is 0.630. The molecule has 4 nitrogen and oxygen atoms in total. The van der Waals surface area contributed by atoms with Gasteiger partial charge in [0.05, 0.1) is 16.9 Å². The van der Waals surface area contributed by atoms with E-state index in [1.807, 2.05) is 0 Å². The van der Waals surface area contributed by atoms with Crippen LogP contribution in [-0.4, -0.2) is 42.1 Å². The molecule has 0 atom stereocenters. The zero-order valence-corrected chi connectivity index (χ0v) is 11.3. The molecule has 2 N–H and O–H groups in total. The fourth-order valence-corrected chi connectivity index (χ4v) is 2.39. The van der Waals surface area contributed by atoms with E-state index < -0.39 is 0 Å². The molecule has 17 heavy (non-hydrogen) atoms. The number of aromatic nitrogens is 1. The summed E-state index contributed by atoms with van der Waals surface area (Å²) in [6.45, 7) is 7.32. The predicted octanol–water partition coefficient (Wildman–Crippen LogP) is 1.85. The van der Waals surface area contributed by atoms with Crippen molar-refractivity contribution in [2.24, 2.45) is 0 Å². The molecule has 1 saturated heterocycles. The summed E-state index contributed by atoms with van der Waals surface area (Å²) >= 11 is 6.19. The third-order valence-corrected chi connectivity index (χ3v) is 3.74. The summed E-state index contributed by atoms with van der Waals surface area (Å²) < 4.78 is 0. The number of pyridine rings is 1. The predicted molar refractivity (Wildman–Crippen MR) is 72.6 cm³/mol. The van der Waals surface area contributed by atoms with Crippen molar-refractivity contribution in [2.75, 3.05) is 37.3 Å². The largest absolute Gasteiger partial charge is 0.397 e. The van der Waals surface area contributed by atoms with Gasteiger partial charge in [-0.25, -0.2) is 4.98 Å². The van der Waals surface area contributed by atoms with E-state index in [0.29, 0.717) is 10.7 Å². The molecule has 1 aromatic rings. The normalized spacial score (nSPS) is 20.6. The number of rotatable bonds is 1. The van der Waals surface area contributed by atoms with Crippen molar-refractivity contribution in [1.82, 2.24) is 9.88 Å². The topological polar surface area (TPSA) is 45.4 Å². The van der Waals surface area contributed by atoms with Crippen LogP contribution in [0.1, 0.15) is 13.8 Å². The molecule has 0 aliphatic carbocycles. The smallest absolute Gasteiger partial charge is 0.147 e. The van der Waals surface area contributed by atoms with Crippen LogP contribution in [0.2, 0.25) is 5.02 Å². The molecule has 1 aliphatic heterocycles. The maximum absolute atomic E-state index is 6.19. The number of hydrogen-bond acceptors (Lipinski definition) is 4. The average Bonchev–Trinajstić information content (AvgIpc) is 2.22. The summed E-state index contributed by atoms with van der Waals surface area (Å²) in [6.07, 6.45) is 1.66. The van der Waals surface area contributed by atoms with Crippen LogP contribution in [-0.2, 0) is 0 Å². The second-order valence-electron chi connectivity index (χ2n) is 5.23. The Morgan fingerprint density at radius 2 is 2.12 bits per heavy atom. The third kappa shape index (κ3) is 2.48. The van der Waals surface area contributed by atoms with Gasteiger partial charge >= 0.3 is 0 Å². The molecule has 1 fully saturated rings. The van der Waals surface area contributed by atoms with E-state index >= 15 is 0 Å². The molecule has 5 heteroatoms. The average molecular weight is 255 g/mol. The van der Waals surface area contributed by atoms with E-state index in [1.54, 1.807) is 12.3 Å². The molecular formula is C12H19ClN4. The molecular weight excluding hydrogens is 236 g/mol. The van der Waals surface area contributed by atoms with Crippen LogP contribution in [0.15, 0.2) is 12.3 Å². The maximum atomic E-state index is 6.19. The van der Waals surface area contributed by atoms with Crippen molar-refractivity contribution in [1.29, 1.82) is 0 Å². The first kappa shape index (κ1) is 12.5. The lowest BCUT2D eigenvalue weighted by Gasteiger charge is -2.45. The minimum Gasteiger partial charge on any atom is -0.397 e. The van der Waals surface area contributed by atoms with Crippen molar-refractivity contribution in [2.45, 2.75) is 19.4 Å². The standard InChI is InChI=1S/C12H19ClN4/c1-12(2)8-17(5-4-16(12)3)11-10(13)6-9(14)7-15-11/h6-7H,4-5,8,14H2,1-3H3. The fourth-order valence-electron chi connectivity index (χ4n) is 2.10. The molecule has 0 saturated carbocycles. The number of nitrogens with zero attached hydrogens (tertiary/aromatic N) is 3. The van der Waals surface area contributed by atoms with Gasteiger partial charge in [0.25, 0.3) is 0 Å². The number of nitrogens with two attached hydrogens (primary N) is 1. The van der Waals surface area contributed by atoms with Crippen molar-refractivity contribution >= 4 is 23.1 Å². The van der Waals surface area contributed by atoms with Crippen LogP contribution < -0.4 is 10.6 Å². The number of hydrogen-bond donors (Lipinski definition) is 1. The third-order valence-electron chi connectivity index (χ3n) is 3.46. The van der Waals surface area contributed by atoms with E-state index in [1.165, 1.54) is 0 Å². The highest BCUT2D eigenvalue weighted by atomic mass is 35.5. The van der Waals surface area contributed by atoms with Gasteiger partial charge in [0, 0.05) is 25.2 Å². The van der Waals surface area contributed by atoms with Gasteiger partial charge in [-0.3, -0.25) is 4.90 Å². The van der Waals surface area contributed by atoms with Gasteiger partial charge in [0.15, 0.2) is 0 Å². The van der Waals surface area contributed by atoms with E-state index in [4.69, 9.17) is 17.3 Å². The van der Waals surface area contributed by atoms with E-state index in [2.05, 4.69) is 35.7 Å². The van der Waals surface area contributed by atoms with Crippen LogP contribution in [0.25, 0.3) is 0 Å². The Morgan fingerprint density at radius 1 is 1.41 bits per heavy atom. The Balaban J connectivity index is 2.24. The van der Waals surface area contributed by atoms with Gasteiger partial charge < -0.3 is 10.6 Å². The lowest BCUT2D eigenvalue weighted by Crippen LogP contribution is -2.58. The lowest BCUT2D eigenvalue weighted by molar-refractivity contribution is 0.138. The van der Waals surface area contributed by atoms with Crippen LogP contribution in [0, 0.1) is 0 Å². The highest BCUT2D eigenvalue weighted by Crippen LogP contribution is 2.29. The van der Waals surface area contributed by atoms with Crippen molar-refractivity contribution in [3.8, 4) is 0 Å². The summed E-state index contributed by atoms with van der Waals surface area (Å²) in [5.41, 5.74) is 6.39. The van der Waals surface area contributed by atoms with Gasteiger partial charge in [-0.2, -0.15) is 0 Å². The Hall–Kier alpha value is -1.00. The second-order valence-corrected chi connectivity index (χ2v) is 5.64. The number of nitrogen functional groups attached to an aromatic ring is 1. The van der Waals surface area contributed by atoms with Crippen molar-refractivity contribution in [3.05, 3.63) is 17.3 Å². The van der Waals surface area contributed by atoms with Crippen molar-refractivity contribution < 1.29 is 0 Å². The molecule has 0 bridgehead atoms. The zero-order chi connectivity index (χ0) is 12.6. The first-order valence-corrected chi connectivity index (χ1v) is 6.15. The van der Waals surface area contributed by atoms with E-state index in [9.17, 15) is 0 Å². The van der Waals surface area contributed by atoms with Gasteiger partial charge in [-0.1, -0.05) is 11.6 Å². The van der Waals surface area contributed by atoms with Crippen LogP contribution in [0.4, 0.5) is 11.5 Å². The molecule has 1 aromatic heterocycles. The Labute approximate surface area is 107 Å². The molecule has 0 spiro atoms. The summed E-state index contributed by atoms with van der Waals surface area (Å²) in [6, 6.07) is 1.76. The van der Waals surface area contributed by atoms with E-state index in [0.717, 1.165) is 25.5 Å². The van der Waals surface area contributed by atoms with Gasteiger partial charge in [0.2, 0.25) is 0 Å². The Morgan fingerprint density at radius 3 is 2.71 bits per heavy atom. The molecule has 0 aromatic carbocycles. The number of likely N-dealkylation sites (N-methyl/N-ethyl adjacent to an activating group) is 1. The minimum absolute atomic E-state index is 0.130. The molecule has 0 amide bonds. The highest BCUT2D eigenvalue weighted by Gasteiger charge is 2.32. The lowest BCUT2D eigenvalue weighted by atomic mass is 10.00. The number of anilines is 2. The first-order valence-electron chi connectivity index (χ1n) is 5.77. The van der Waals surface area contributed by atoms with Gasteiger partial charge in [0.1, 0.15) is 5.82 Å². The Bertz CT molecular complexity index is 419. The molecule has 94 valence electrons. The molecule has 0 radical (unpaired) electrons. The molecule has 1 aliphatic rings. The Kier molecular flexibility index (Phi) is 3.19. The van der Waals surface area contributed by atoms with Crippen molar-refractivity contribution in [3.63, 3.8) is 0 Å². The monoisotopic (exact) mass is 254 g/mol. The zero-order valence-electron chi connectivity index (χ0n) is 10.6. The number of piperazine rings is 1. The number of halogens is 1. The second kappa shape index (κ2) is 4.35. The summed E-state index contributed by atoms with van der Waals surface area (Å²) in [4.78, 5) is 8.92. The SMILES string of the molecule is CN1CCN(c2ncc(N)cc2Cl)CC1(C)C. The molecule has 2 rings (SSSR count). The first-order chi connectivity index (χ1) is 7.90. The quantitative estimate of drug-likeness (QED) is 0.831. The molecule has 2 heterocycles.